The van der Waals surface area contributed by atoms with E-state index in [0.29, 0.717) is 12.4 Å². The van der Waals surface area contributed by atoms with Crippen molar-refractivity contribution in [1.29, 1.82) is 0 Å². The SMILES string of the molecule is CCCNC(=O)COc1ccc(C)cn1. The topological polar surface area (TPSA) is 51.2 Å². The van der Waals surface area contributed by atoms with E-state index in [0.717, 1.165) is 12.0 Å². The fourth-order valence-corrected chi connectivity index (χ4v) is 0.995. The average molecular weight is 208 g/mol. The van der Waals surface area contributed by atoms with Gasteiger partial charge in [0.15, 0.2) is 6.61 Å². The molecule has 1 heterocycles. The van der Waals surface area contributed by atoms with Gasteiger partial charge in [-0.2, -0.15) is 0 Å². The maximum absolute atomic E-state index is 11.2. The minimum Gasteiger partial charge on any atom is -0.468 e. The van der Waals surface area contributed by atoms with Gasteiger partial charge in [-0.3, -0.25) is 4.79 Å². The molecule has 0 saturated heterocycles. The van der Waals surface area contributed by atoms with Crippen molar-refractivity contribution in [2.75, 3.05) is 13.2 Å². The molecule has 0 aliphatic carbocycles. The summed E-state index contributed by atoms with van der Waals surface area (Å²) in [6.45, 7) is 4.66. The van der Waals surface area contributed by atoms with Crippen LogP contribution in [-0.4, -0.2) is 24.0 Å². The van der Waals surface area contributed by atoms with E-state index >= 15 is 0 Å². The first kappa shape index (κ1) is 11.5. The number of rotatable bonds is 5. The van der Waals surface area contributed by atoms with Crippen LogP contribution in [0.25, 0.3) is 0 Å². The van der Waals surface area contributed by atoms with E-state index in [1.165, 1.54) is 0 Å². The summed E-state index contributed by atoms with van der Waals surface area (Å²) in [6, 6.07) is 3.65. The van der Waals surface area contributed by atoms with Crippen molar-refractivity contribution < 1.29 is 9.53 Å². The Morgan fingerprint density at radius 1 is 1.53 bits per heavy atom. The van der Waals surface area contributed by atoms with Crippen molar-refractivity contribution in [3.05, 3.63) is 23.9 Å². The summed E-state index contributed by atoms with van der Waals surface area (Å²) in [5.74, 6) is 0.367. The van der Waals surface area contributed by atoms with Gasteiger partial charge in [0.05, 0.1) is 0 Å². The summed E-state index contributed by atoms with van der Waals surface area (Å²) in [7, 11) is 0. The van der Waals surface area contributed by atoms with Gasteiger partial charge in [0, 0.05) is 18.8 Å². The molecule has 1 N–H and O–H groups in total. The highest BCUT2D eigenvalue weighted by molar-refractivity contribution is 5.77. The third-order valence-electron chi connectivity index (χ3n) is 1.81. The number of amides is 1. The molecule has 0 fully saturated rings. The lowest BCUT2D eigenvalue weighted by Crippen LogP contribution is -2.29. The van der Waals surface area contributed by atoms with Crippen LogP contribution in [0.3, 0.4) is 0 Å². The zero-order valence-electron chi connectivity index (χ0n) is 9.12. The summed E-state index contributed by atoms with van der Waals surface area (Å²) < 4.78 is 5.20. The number of carbonyl (C=O) groups excluding carboxylic acids is 1. The molecule has 1 aromatic rings. The van der Waals surface area contributed by atoms with Gasteiger partial charge in [-0.15, -0.1) is 0 Å². The van der Waals surface area contributed by atoms with Gasteiger partial charge in [-0.1, -0.05) is 13.0 Å². The van der Waals surface area contributed by atoms with Crippen molar-refractivity contribution in [3.63, 3.8) is 0 Å². The zero-order chi connectivity index (χ0) is 11.1. The lowest BCUT2D eigenvalue weighted by molar-refractivity contribution is -0.123. The number of nitrogens with zero attached hydrogens (tertiary/aromatic N) is 1. The summed E-state index contributed by atoms with van der Waals surface area (Å²) in [4.78, 5) is 15.2. The molecule has 4 heteroatoms. The van der Waals surface area contributed by atoms with E-state index in [9.17, 15) is 4.79 Å². The van der Waals surface area contributed by atoms with E-state index < -0.39 is 0 Å². The highest BCUT2D eigenvalue weighted by atomic mass is 16.5. The number of aromatic nitrogens is 1. The number of nitrogens with one attached hydrogen (secondary N) is 1. The Bertz CT molecular complexity index is 309. The van der Waals surface area contributed by atoms with E-state index in [4.69, 9.17) is 4.74 Å². The molecule has 4 nitrogen and oxygen atoms in total. The van der Waals surface area contributed by atoms with E-state index in [1.807, 2.05) is 19.9 Å². The molecule has 0 aromatic carbocycles. The molecule has 1 aromatic heterocycles. The second kappa shape index (κ2) is 6.01. The molecule has 0 saturated carbocycles. The molecule has 0 spiro atoms. The molecule has 0 bridgehead atoms. The van der Waals surface area contributed by atoms with Crippen LogP contribution in [0, 0.1) is 6.92 Å². The molecular weight excluding hydrogens is 192 g/mol. The second-order valence-electron chi connectivity index (χ2n) is 3.31. The smallest absolute Gasteiger partial charge is 0.258 e. The van der Waals surface area contributed by atoms with Gasteiger partial charge in [0.25, 0.3) is 5.91 Å². The maximum atomic E-state index is 11.2. The van der Waals surface area contributed by atoms with E-state index in [1.54, 1.807) is 12.3 Å². The van der Waals surface area contributed by atoms with E-state index in [-0.39, 0.29) is 12.5 Å². The van der Waals surface area contributed by atoms with E-state index in [2.05, 4.69) is 10.3 Å². The zero-order valence-corrected chi connectivity index (χ0v) is 9.12. The van der Waals surface area contributed by atoms with Crippen LogP contribution in [0.4, 0.5) is 0 Å². The van der Waals surface area contributed by atoms with Crippen molar-refractivity contribution in [1.82, 2.24) is 10.3 Å². The van der Waals surface area contributed by atoms with Crippen molar-refractivity contribution in [2.45, 2.75) is 20.3 Å². The standard InChI is InChI=1S/C11H16N2O2/c1-3-6-12-10(14)8-15-11-5-4-9(2)7-13-11/h4-5,7H,3,6,8H2,1-2H3,(H,12,14). The Morgan fingerprint density at radius 2 is 2.33 bits per heavy atom. The third kappa shape index (κ3) is 4.44. The van der Waals surface area contributed by atoms with Crippen LogP contribution in [0.2, 0.25) is 0 Å². The molecule has 0 aliphatic rings. The predicted octanol–water partition coefficient (Wildman–Crippen LogP) is 1.30. The number of hydrogen-bond acceptors (Lipinski definition) is 3. The Morgan fingerprint density at radius 3 is 2.93 bits per heavy atom. The van der Waals surface area contributed by atoms with Gasteiger partial charge in [-0.25, -0.2) is 4.98 Å². The first-order valence-corrected chi connectivity index (χ1v) is 5.04. The Balaban J connectivity index is 2.30. The molecule has 1 rings (SSSR count). The summed E-state index contributed by atoms with van der Waals surface area (Å²) >= 11 is 0. The van der Waals surface area contributed by atoms with Crippen molar-refractivity contribution in [3.8, 4) is 5.88 Å². The van der Waals surface area contributed by atoms with Crippen LogP contribution < -0.4 is 10.1 Å². The van der Waals surface area contributed by atoms with Gasteiger partial charge in [0.2, 0.25) is 5.88 Å². The van der Waals surface area contributed by atoms with Gasteiger partial charge < -0.3 is 10.1 Å². The molecule has 1 amide bonds. The quantitative estimate of drug-likeness (QED) is 0.793. The van der Waals surface area contributed by atoms with Crippen LogP contribution in [-0.2, 0) is 4.79 Å². The lowest BCUT2D eigenvalue weighted by Gasteiger charge is -2.05. The minimum atomic E-state index is -0.112. The minimum absolute atomic E-state index is 0.0239. The third-order valence-corrected chi connectivity index (χ3v) is 1.81. The molecule has 0 radical (unpaired) electrons. The van der Waals surface area contributed by atoms with Gasteiger partial charge in [-0.05, 0) is 18.9 Å². The number of ether oxygens (including phenoxy) is 1. The fraction of sp³-hybridized carbons (Fsp3) is 0.455. The van der Waals surface area contributed by atoms with Crippen molar-refractivity contribution in [2.24, 2.45) is 0 Å². The Hall–Kier alpha value is -1.58. The molecule has 82 valence electrons. The first-order chi connectivity index (χ1) is 7.22. The number of hydrogen-bond donors (Lipinski definition) is 1. The van der Waals surface area contributed by atoms with Crippen LogP contribution >= 0.6 is 0 Å². The number of aryl methyl sites for hydroxylation is 1. The van der Waals surface area contributed by atoms with Crippen LogP contribution in [0.5, 0.6) is 5.88 Å². The Labute approximate surface area is 89.7 Å². The van der Waals surface area contributed by atoms with Gasteiger partial charge in [0.1, 0.15) is 0 Å². The molecular formula is C11H16N2O2. The summed E-state index contributed by atoms with van der Waals surface area (Å²) in [5, 5.41) is 2.72. The number of carbonyl (C=O) groups is 1. The molecule has 0 aliphatic heterocycles. The average Bonchev–Trinajstić information content (AvgIpc) is 2.25. The van der Waals surface area contributed by atoms with Crippen molar-refractivity contribution >= 4 is 5.91 Å². The fourth-order valence-electron chi connectivity index (χ4n) is 0.995. The number of pyridine rings is 1. The van der Waals surface area contributed by atoms with Crippen LogP contribution in [0.15, 0.2) is 18.3 Å². The molecule has 0 atom stereocenters. The molecule has 15 heavy (non-hydrogen) atoms. The normalized spacial score (nSPS) is 9.73. The second-order valence-corrected chi connectivity index (χ2v) is 3.31. The highest BCUT2D eigenvalue weighted by Crippen LogP contribution is 2.05. The Kier molecular flexibility index (Phi) is 4.60. The van der Waals surface area contributed by atoms with Crippen LogP contribution in [0.1, 0.15) is 18.9 Å². The molecule has 0 unspecified atom stereocenters. The summed E-state index contributed by atoms with van der Waals surface area (Å²) in [6.07, 6.45) is 2.63. The maximum Gasteiger partial charge on any atom is 0.258 e. The monoisotopic (exact) mass is 208 g/mol. The summed E-state index contributed by atoms with van der Waals surface area (Å²) in [5.41, 5.74) is 1.07. The highest BCUT2D eigenvalue weighted by Gasteiger charge is 2.01. The predicted molar refractivity (Wildman–Crippen MR) is 57.8 cm³/mol. The first-order valence-electron chi connectivity index (χ1n) is 5.04. The van der Waals surface area contributed by atoms with Gasteiger partial charge >= 0.3 is 0 Å². The largest absolute Gasteiger partial charge is 0.468 e. The lowest BCUT2D eigenvalue weighted by atomic mass is 10.3.